The third-order valence-electron chi connectivity index (χ3n) is 2.79. The molecule has 3 aromatic rings. The highest BCUT2D eigenvalue weighted by atomic mass is 19.1. The monoisotopic (exact) mass is 241 g/mol. The van der Waals surface area contributed by atoms with Crippen LogP contribution in [0.25, 0.3) is 10.9 Å². The van der Waals surface area contributed by atoms with Crippen molar-refractivity contribution in [2.24, 2.45) is 0 Å². The Labute approximate surface area is 104 Å². The zero-order chi connectivity index (χ0) is 12.4. The van der Waals surface area contributed by atoms with Crippen LogP contribution >= 0.6 is 0 Å². The van der Waals surface area contributed by atoms with Crippen molar-refractivity contribution in [1.29, 1.82) is 0 Å². The molecule has 0 radical (unpaired) electrons. The molecule has 1 heterocycles. The van der Waals surface area contributed by atoms with Crippen LogP contribution in [0.2, 0.25) is 0 Å². The number of rotatable bonds is 3. The van der Waals surface area contributed by atoms with Crippen LogP contribution in [-0.2, 0) is 6.61 Å². The van der Waals surface area contributed by atoms with Crippen molar-refractivity contribution >= 4 is 10.9 Å². The maximum Gasteiger partial charge on any atom is 0.128 e. The number of hydrogen-bond acceptors (Lipinski definition) is 1. The van der Waals surface area contributed by atoms with Gasteiger partial charge in [-0.25, -0.2) is 4.39 Å². The normalized spacial score (nSPS) is 10.7. The Bertz CT molecular complexity index is 625. The van der Waals surface area contributed by atoms with Crippen LogP contribution < -0.4 is 4.74 Å². The number of aromatic nitrogens is 1. The van der Waals surface area contributed by atoms with Gasteiger partial charge in [-0.05, 0) is 41.8 Å². The Morgan fingerprint density at radius 3 is 2.56 bits per heavy atom. The van der Waals surface area contributed by atoms with E-state index in [1.54, 1.807) is 12.1 Å². The van der Waals surface area contributed by atoms with Gasteiger partial charge in [0.05, 0.1) is 5.69 Å². The molecule has 0 atom stereocenters. The molecule has 2 nitrogen and oxygen atoms in total. The summed E-state index contributed by atoms with van der Waals surface area (Å²) in [7, 11) is 0. The number of fused-ring (bicyclic) bond motifs is 1. The second-order valence-corrected chi connectivity index (χ2v) is 4.12. The average Bonchev–Trinajstić information content (AvgIpc) is 2.81. The molecular formula is C15H12FNO. The Kier molecular flexibility index (Phi) is 2.73. The molecule has 0 aliphatic carbocycles. The smallest absolute Gasteiger partial charge is 0.128 e. The molecule has 0 bridgehead atoms. The van der Waals surface area contributed by atoms with Crippen molar-refractivity contribution in [1.82, 2.24) is 4.98 Å². The minimum atomic E-state index is -0.257. The van der Waals surface area contributed by atoms with Gasteiger partial charge in [0.1, 0.15) is 18.2 Å². The van der Waals surface area contributed by atoms with E-state index in [9.17, 15) is 4.39 Å². The summed E-state index contributed by atoms with van der Waals surface area (Å²) in [6, 6.07) is 16.1. The molecular weight excluding hydrogens is 229 g/mol. The number of hydrogen-bond donors (Lipinski definition) is 1. The molecule has 0 unspecified atom stereocenters. The van der Waals surface area contributed by atoms with Crippen LogP contribution in [0.3, 0.4) is 0 Å². The molecule has 0 saturated heterocycles. The summed E-state index contributed by atoms with van der Waals surface area (Å²) >= 11 is 0. The van der Waals surface area contributed by atoms with Crippen molar-refractivity contribution in [2.75, 3.05) is 0 Å². The van der Waals surface area contributed by atoms with Crippen LogP contribution in [0, 0.1) is 5.82 Å². The molecule has 2 aromatic carbocycles. The van der Waals surface area contributed by atoms with E-state index in [1.807, 2.05) is 24.3 Å². The van der Waals surface area contributed by atoms with Gasteiger partial charge < -0.3 is 9.72 Å². The summed E-state index contributed by atoms with van der Waals surface area (Å²) in [6.07, 6.45) is 0. The molecule has 1 N–H and O–H groups in total. The molecule has 0 spiro atoms. The molecule has 90 valence electrons. The van der Waals surface area contributed by atoms with Crippen molar-refractivity contribution < 1.29 is 9.13 Å². The first-order valence-corrected chi connectivity index (χ1v) is 5.76. The fourth-order valence-electron chi connectivity index (χ4n) is 1.90. The van der Waals surface area contributed by atoms with Gasteiger partial charge in [0, 0.05) is 5.52 Å². The largest absolute Gasteiger partial charge is 0.487 e. The van der Waals surface area contributed by atoms with E-state index >= 15 is 0 Å². The fraction of sp³-hybridized carbons (Fsp3) is 0.0667. The van der Waals surface area contributed by atoms with Gasteiger partial charge in [-0.15, -0.1) is 0 Å². The van der Waals surface area contributed by atoms with Gasteiger partial charge in [-0.2, -0.15) is 0 Å². The summed E-state index contributed by atoms with van der Waals surface area (Å²) in [5, 5.41) is 1.16. The van der Waals surface area contributed by atoms with E-state index in [1.165, 1.54) is 12.1 Å². The van der Waals surface area contributed by atoms with Gasteiger partial charge in [-0.1, -0.05) is 18.2 Å². The lowest BCUT2D eigenvalue weighted by atomic mass is 10.2. The third-order valence-corrected chi connectivity index (χ3v) is 2.79. The molecule has 18 heavy (non-hydrogen) atoms. The number of para-hydroxylation sites is 1. The molecule has 0 aliphatic rings. The summed E-state index contributed by atoms with van der Waals surface area (Å²) in [6.45, 7) is 0.445. The second kappa shape index (κ2) is 4.53. The summed E-state index contributed by atoms with van der Waals surface area (Å²) in [5.41, 5.74) is 2.09. The molecule has 1 aromatic heterocycles. The fourth-order valence-corrected chi connectivity index (χ4v) is 1.90. The van der Waals surface area contributed by atoms with Gasteiger partial charge >= 0.3 is 0 Å². The Balaban J connectivity index is 1.74. The topological polar surface area (TPSA) is 25.0 Å². The molecule has 0 aliphatic heterocycles. The van der Waals surface area contributed by atoms with Crippen molar-refractivity contribution in [3.05, 3.63) is 66.1 Å². The van der Waals surface area contributed by atoms with E-state index in [0.29, 0.717) is 12.4 Å². The first-order chi connectivity index (χ1) is 8.81. The lowest BCUT2D eigenvalue weighted by Gasteiger charge is -2.03. The van der Waals surface area contributed by atoms with E-state index in [4.69, 9.17) is 4.74 Å². The van der Waals surface area contributed by atoms with Crippen LogP contribution in [0.4, 0.5) is 4.39 Å². The predicted molar refractivity (Wildman–Crippen MR) is 69.0 cm³/mol. The minimum absolute atomic E-state index is 0.257. The summed E-state index contributed by atoms with van der Waals surface area (Å²) in [4.78, 5) is 3.28. The zero-order valence-electron chi connectivity index (χ0n) is 9.69. The Hall–Kier alpha value is -2.29. The number of halogens is 1. The first-order valence-electron chi connectivity index (χ1n) is 5.76. The summed E-state index contributed by atoms with van der Waals surface area (Å²) in [5.74, 6) is 0.406. The highest BCUT2D eigenvalue weighted by Crippen LogP contribution is 2.17. The van der Waals surface area contributed by atoms with E-state index in [0.717, 1.165) is 16.6 Å². The van der Waals surface area contributed by atoms with E-state index in [-0.39, 0.29) is 5.82 Å². The standard InChI is InChI=1S/C15H12FNO/c16-12-5-7-14(8-6-12)18-10-13-9-11-3-1-2-4-15(11)17-13/h1-9,17H,10H2. The number of benzene rings is 2. The number of ether oxygens (including phenoxy) is 1. The van der Waals surface area contributed by atoms with E-state index < -0.39 is 0 Å². The maximum atomic E-state index is 12.7. The summed E-state index contributed by atoms with van der Waals surface area (Å²) < 4.78 is 18.3. The Morgan fingerprint density at radius 1 is 1.00 bits per heavy atom. The SMILES string of the molecule is Fc1ccc(OCc2cc3ccccc3[nH]2)cc1. The molecule has 0 amide bonds. The van der Waals surface area contributed by atoms with Crippen molar-refractivity contribution in [2.45, 2.75) is 6.61 Å². The lowest BCUT2D eigenvalue weighted by Crippen LogP contribution is -1.95. The molecule has 0 saturated carbocycles. The minimum Gasteiger partial charge on any atom is -0.487 e. The maximum absolute atomic E-state index is 12.7. The highest BCUT2D eigenvalue weighted by molar-refractivity contribution is 5.80. The molecule has 3 rings (SSSR count). The lowest BCUT2D eigenvalue weighted by molar-refractivity contribution is 0.302. The third kappa shape index (κ3) is 2.20. The molecule has 0 fully saturated rings. The highest BCUT2D eigenvalue weighted by Gasteiger charge is 2.01. The van der Waals surface area contributed by atoms with E-state index in [2.05, 4.69) is 11.1 Å². The van der Waals surface area contributed by atoms with Crippen LogP contribution in [0.1, 0.15) is 5.69 Å². The first kappa shape index (κ1) is 10.8. The van der Waals surface area contributed by atoms with Crippen LogP contribution in [0.5, 0.6) is 5.75 Å². The van der Waals surface area contributed by atoms with Gasteiger partial charge in [0.2, 0.25) is 0 Å². The Morgan fingerprint density at radius 2 is 1.78 bits per heavy atom. The average molecular weight is 241 g/mol. The van der Waals surface area contributed by atoms with Crippen molar-refractivity contribution in [3.8, 4) is 5.75 Å². The quantitative estimate of drug-likeness (QED) is 0.739. The van der Waals surface area contributed by atoms with Gasteiger partial charge in [-0.3, -0.25) is 0 Å². The van der Waals surface area contributed by atoms with Crippen LogP contribution in [-0.4, -0.2) is 4.98 Å². The predicted octanol–water partition coefficient (Wildman–Crippen LogP) is 3.89. The number of aromatic amines is 1. The van der Waals surface area contributed by atoms with Gasteiger partial charge in [0.15, 0.2) is 0 Å². The second-order valence-electron chi connectivity index (χ2n) is 4.12. The zero-order valence-corrected chi connectivity index (χ0v) is 9.69. The molecule has 3 heteroatoms. The van der Waals surface area contributed by atoms with Gasteiger partial charge in [0.25, 0.3) is 0 Å². The number of nitrogens with one attached hydrogen (secondary N) is 1. The van der Waals surface area contributed by atoms with Crippen LogP contribution in [0.15, 0.2) is 54.6 Å². The number of H-pyrrole nitrogens is 1. The van der Waals surface area contributed by atoms with Crippen molar-refractivity contribution in [3.63, 3.8) is 0 Å².